The van der Waals surface area contributed by atoms with Crippen molar-refractivity contribution in [3.8, 4) is 17.0 Å². The van der Waals surface area contributed by atoms with Crippen LogP contribution in [0.5, 0.6) is 5.75 Å². The van der Waals surface area contributed by atoms with E-state index in [1.165, 1.54) is 11.1 Å². The van der Waals surface area contributed by atoms with Crippen LogP contribution in [-0.4, -0.2) is 48.5 Å². The minimum Gasteiger partial charge on any atom is -0.497 e. The second-order valence-corrected chi connectivity index (χ2v) is 7.45. The van der Waals surface area contributed by atoms with Gasteiger partial charge < -0.3 is 25.0 Å². The van der Waals surface area contributed by atoms with E-state index in [-0.39, 0.29) is 12.3 Å². The molecule has 1 atom stereocenters. The Bertz CT molecular complexity index is 975. The summed E-state index contributed by atoms with van der Waals surface area (Å²) < 4.78 is 10.3. The van der Waals surface area contributed by atoms with Crippen LogP contribution < -0.4 is 15.4 Å². The summed E-state index contributed by atoms with van der Waals surface area (Å²) in [6, 6.07) is 17.6. The molecule has 0 unspecified atom stereocenters. The van der Waals surface area contributed by atoms with Crippen LogP contribution in [0.15, 0.2) is 59.1 Å². The van der Waals surface area contributed by atoms with Crippen molar-refractivity contribution in [2.24, 2.45) is 0 Å². The topological polar surface area (TPSA) is 96.6 Å². The van der Waals surface area contributed by atoms with Gasteiger partial charge in [0.05, 0.1) is 13.2 Å². The summed E-state index contributed by atoms with van der Waals surface area (Å²) in [5.74, 6) is 0.436. The van der Waals surface area contributed by atoms with Crippen molar-refractivity contribution in [1.29, 1.82) is 0 Å². The molecule has 0 aliphatic heterocycles. The number of rotatable bonds is 8. The maximum atomic E-state index is 12.3. The SMILES string of the molecule is COc1ccc(-c2cc(C(=O)NC[C@H](O)CNC3Cc4ccccc4C3)on2)cc1. The van der Waals surface area contributed by atoms with E-state index in [0.29, 0.717) is 18.3 Å². The van der Waals surface area contributed by atoms with E-state index < -0.39 is 12.0 Å². The summed E-state index contributed by atoms with van der Waals surface area (Å²) in [5.41, 5.74) is 4.10. The van der Waals surface area contributed by atoms with Crippen molar-refractivity contribution < 1.29 is 19.2 Å². The lowest BCUT2D eigenvalue weighted by molar-refractivity contribution is 0.0878. The van der Waals surface area contributed by atoms with Gasteiger partial charge in [0.1, 0.15) is 11.4 Å². The molecule has 1 heterocycles. The smallest absolute Gasteiger partial charge is 0.290 e. The quantitative estimate of drug-likeness (QED) is 0.530. The fourth-order valence-corrected chi connectivity index (χ4v) is 3.66. The number of methoxy groups -OCH3 is 1. The van der Waals surface area contributed by atoms with E-state index in [9.17, 15) is 9.90 Å². The Hall–Kier alpha value is -3.16. The third kappa shape index (κ3) is 4.69. The van der Waals surface area contributed by atoms with Gasteiger partial charge in [-0.3, -0.25) is 4.79 Å². The zero-order valence-corrected chi connectivity index (χ0v) is 16.8. The van der Waals surface area contributed by atoms with Crippen LogP contribution in [0.2, 0.25) is 0 Å². The second-order valence-electron chi connectivity index (χ2n) is 7.45. The Kier molecular flexibility index (Phi) is 6.11. The van der Waals surface area contributed by atoms with Crippen LogP contribution in [0.25, 0.3) is 11.3 Å². The molecule has 0 radical (unpaired) electrons. The zero-order valence-electron chi connectivity index (χ0n) is 16.8. The van der Waals surface area contributed by atoms with Crippen LogP contribution in [0, 0.1) is 0 Å². The fraction of sp³-hybridized carbons (Fsp3) is 0.304. The summed E-state index contributed by atoms with van der Waals surface area (Å²) in [4.78, 5) is 12.3. The van der Waals surface area contributed by atoms with Crippen LogP contribution in [0.4, 0.5) is 0 Å². The summed E-state index contributed by atoms with van der Waals surface area (Å²) in [5, 5.41) is 20.2. The first-order valence-corrected chi connectivity index (χ1v) is 10.00. The lowest BCUT2D eigenvalue weighted by Gasteiger charge is -2.16. The van der Waals surface area contributed by atoms with Gasteiger partial charge in [0.15, 0.2) is 0 Å². The average Bonchev–Trinajstić information content (AvgIpc) is 3.43. The molecule has 0 saturated heterocycles. The molecule has 1 aliphatic rings. The highest BCUT2D eigenvalue weighted by Crippen LogP contribution is 2.22. The van der Waals surface area contributed by atoms with Crippen LogP contribution in [0.1, 0.15) is 21.7 Å². The number of aliphatic hydroxyl groups excluding tert-OH is 1. The molecule has 1 aromatic heterocycles. The zero-order chi connectivity index (χ0) is 20.9. The monoisotopic (exact) mass is 407 g/mol. The number of aliphatic hydroxyl groups is 1. The summed E-state index contributed by atoms with van der Waals surface area (Å²) in [7, 11) is 1.60. The maximum absolute atomic E-state index is 12.3. The van der Waals surface area contributed by atoms with E-state index >= 15 is 0 Å². The van der Waals surface area contributed by atoms with Gasteiger partial charge in [0, 0.05) is 30.8 Å². The second kappa shape index (κ2) is 9.11. The van der Waals surface area contributed by atoms with Crippen molar-refractivity contribution in [2.75, 3.05) is 20.2 Å². The third-order valence-electron chi connectivity index (χ3n) is 5.31. The average molecular weight is 407 g/mol. The highest BCUT2D eigenvalue weighted by Gasteiger charge is 2.21. The Morgan fingerprint density at radius 2 is 1.87 bits per heavy atom. The maximum Gasteiger partial charge on any atom is 0.290 e. The van der Waals surface area contributed by atoms with Crippen molar-refractivity contribution in [3.63, 3.8) is 0 Å². The van der Waals surface area contributed by atoms with Crippen molar-refractivity contribution in [2.45, 2.75) is 25.0 Å². The van der Waals surface area contributed by atoms with E-state index in [1.54, 1.807) is 13.2 Å². The van der Waals surface area contributed by atoms with Crippen molar-refractivity contribution >= 4 is 5.91 Å². The number of ether oxygens (including phenoxy) is 1. The largest absolute Gasteiger partial charge is 0.497 e. The fourth-order valence-electron chi connectivity index (χ4n) is 3.66. The number of aromatic nitrogens is 1. The molecule has 0 fully saturated rings. The number of nitrogens with one attached hydrogen (secondary N) is 2. The van der Waals surface area contributed by atoms with Gasteiger partial charge in [0.25, 0.3) is 5.91 Å². The van der Waals surface area contributed by atoms with Gasteiger partial charge >= 0.3 is 0 Å². The molecular weight excluding hydrogens is 382 g/mol. The van der Waals surface area contributed by atoms with Crippen LogP contribution in [-0.2, 0) is 12.8 Å². The first-order valence-electron chi connectivity index (χ1n) is 10.00. The van der Waals surface area contributed by atoms with E-state index in [4.69, 9.17) is 9.26 Å². The molecule has 7 heteroatoms. The van der Waals surface area contributed by atoms with Crippen LogP contribution in [0.3, 0.4) is 0 Å². The summed E-state index contributed by atoms with van der Waals surface area (Å²) >= 11 is 0. The Balaban J connectivity index is 1.23. The van der Waals surface area contributed by atoms with Gasteiger partial charge in [-0.1, -0.05) is 29.4 Å². The van der Waals surface area contributed by atoms with Gasteiger partial charge in [0.2, 0.25) is 5.76 Å². The van der Waals surface area contributed by atoms with Gasteiger partial charge in [-0.05, 0) is 48.2 Å². The number of carbonyl (C=O) groups is 1. The van der Waals surface area contributed by atoms with E-state index in [0.717, 1.165) is 24.2 Å². The van der Waals surface area contributed by atoms with Crippen LogP contribution >= 0.6 is 0 Å². The highest BCUT2D eigenvalue weighted by atomic mass is 16.5. The Morgan fingerprint density at radius 1 is 1.17 bits per heavy atom. The number of fused-ring (bicyclic) bond motifs is 1. The molecule has 1 aliphatic carbocycles. The van der Waals surface area contributed by atoms with Gasteiger partial charge in [-0.15, -0.1) is 0 Å². The number of hydrogen-bond acceptors (Lipinski definition) is 6. The molecule has 1 amide bonds. The van der Waals surface area contributed by atoms with Crippen molar-refractivity contribution in [3.05, 3.63) is 71.5 Å². The predicted octanol–water partition coefficient (Wildman–Crippen LogP) is 2.20. The Labute approximate surface area is 175 Å². The molecule has 2 aromatic carbocycles. The number of carbonyl (C=O) groups excluding carboxylic acids is 1. The molecule has 30 heavy (non-hydrogen) atoms. The van der Waals surface area contributed by atoms with E-state index in [2.05, 4.69) is 40.1 Å². The Morgan fingerprint density at radius 3 is 2.53 bits per heavy atom. The first-order chi connectivity index (χ1) is 14.6. The third-order valence-corrected chi connectivity index (χ3v) is 5.31. The molecule has 4 rings (SSSR count). The number of amides is 1. The number of nitrogens with zero attached hydrogens (tertiary/aromatic N) is 1. The molecule has 0 bridgehead atoms. The van der Waals surface area contributed by atoms with Crippen molar-refractivity contribution in [1.82, 2.24) is 15.8 Å². The summed E-state index contributed by atoms with van der Waals surface area (Å²) in [6.45, 7) is 0.538. The molecule has 0 saturated carbocycles. The molecular formula is C23H25N3O4. The minimum absolute atomic E-state index is 0.104. The first kappa shape index (κ1) is 20.1. The molecule has 3 N–H and O–H groups in total. The normalized spacial score (nSPS) is 14.3. The standard InChI is InChI=1S/C23H25N3O4/c1-29-20-8-6-15(7-9-20)21-12-22(30-26-21)23(28)25-14-19(27)13-24-18-10-16-4-2-3-5-17(16)11-18/h2-9,12,18-19,24,27H,10-11,13-14H2,1H3,(H,25,28)/t19-/m1/s1. The number of hydrogen-bond donors (Lipinski definition) is 3. The molecule has 7 nitrogen and oxygen atoms in total. The lowest BCUT2D eigenvalue weighted by Crippen LogP contribution is -2.41. The predicted molar refractivity (Wildman–Crippen MR) is 112 cm³/mol. The highest BCUT2D eigenvalue weighted by molar-refractivity contribution is 5.92. The molecule has 0 spiro atoms. The molecule has 156 valence electrons. The lowest BCUT2D eigenvalue weighted by atomic mass is 10.1. The van der Waals surface area contributed by atoms with Gasteiger partial charge in [-0.2, -0.15) is 0 Å². The summed E-state index contributed by atoms with van der Waals surface area (Å²) in [6.07, 6.45) is 1.23. The van der Waals surface area contributed by atoms with Gasteiger partial charge in [-0.25, -0.2) is 0 Å². The van der Waals surface area contributed by atoms with E-state index in [1.807, 2.05) is 24.3 Å². The number of benzene rings is 2. The molecule has 3 aromatic rings. The minimum atomic E-state index is -0.693.